The molecule has 32 heavy (non-hydrogen) atoms. The summed E-state index contributed by atoms with van der Waals surface area (Å²) in [5.41, 5.74) is 2.44. The Hall–Kier alpha value is -3.09. The SMILES string of the molecule is O=C1S/C(=C\c2ccc(OCc3cccc(F)c3)c(Cl)c2)C(=O)N1CCc1ccccc1. The lowest BCUT2D eigenvalue weighted by molar-refractivity contribution is -0.122. The topological polar surface area (TPSA) is 46.6 Å². The maximum atomic E-state index is 13.3. The Labute approximate surface area is 194 Å². The van der Waals surface area contributed by atoms with Crippen LogP contribution in [0.4, 0.5) is 9.18 Å². The van der Waals surface area contributed by atoms with E-state index >= 15 is 0 Å². The molecule has 0 bridgehead atoms. The Morgan fingerprint density at radius 2 is 1.75 bits per heavy atom. The zero-order valence-corrected chi connectivity index (χ0v) is 18.5. The number of halogens is 2. The molecule has 3 aromatic carbocycles. The van der Waals surface area contributed by atoms with Gasteiger partial charge in [0.1, 0.15) is 18.2 Å². The zero-order chi connectivity index (χ0) is 22.5. The van der Waals surface area contributed by atoms with Crippen molar-refractivity contribution in [2.24, 2.45) is 0 Å². The van der Waals surface area contributed by atoms with Crippen LogP contribution in [0.15, 0.2) is 77.7 Å². The molecule has 162 valence electrons. The van der Waals surface area contributed by atoms with Crippen LogP contribution in [-0.4, -0.2) is 22.6 Å². The highest BCUT2D eigenvalue weighted by molar-refractivity contribution is 8.18. The summed E-state index contributed by atoms with van der Waals surface area (Å²) in [5, 5.41) is 0.0804. The summed E-state index contributed by atoms with van der Waals surface area (Å²) in [6, 6.07) is 21.0. The van der Waals surface area contributed by atoms with E-state index in [0.29, 0.717) is 39.8 Å². The van der Waals surface area contributed by atoms with Crippen LogP contribution in [0.2, 0.25) is 5.02 Å². The molecule has 0 N–H and O–H groups in total. The van der Waals surface area contributed by atoms with Crippen molar-refractivity contribution in [3.05, 3.63) is 105 Å². The molecule has 1 aliphatic heterocycles. The highest BCUT2D eigenvalue weighted by Gasteiger charge is 2.34. The van der Waals surface area contributed by atoms with Gasteiger partial charge in [-0.2, -0.15) is 0 Å². The van der Waals surface area contributed by atoms with E-state index in [1.54, 1.807) is 36.4 Å². The standard InChI is InChI=1S/C25H19ClFNO3S/c26-21-14-18(9-10-22(21)31-16-19-7-4-8-20(27)13-19)15-23-24(29)28(25(30)32-23)12-11-17-5-2-1-3-6-17/h1-10,13-15H,11-12,16H2/b23-15-. The first-order valence-electron chi connectivity index (χ1n) is 9.96. The Morgan fingerprint density at radius 1 is 0.969 bits per heavy atom. The van der Waals surface area contributed by atoms with E-state index in [2.05, 4.69) is 0 Å². The lowest BCUT2D eigenvalue weighted by atomic mass is 10.1. The number of amides is 2. The van der Waals surface area contributed by atoms with Gasteiger partial charge in [-0.1, -0.05) is 60.1 Å². The zero-order valence-electron chi connectivity index (χ0n) is 17.0. The van der Waals surface area contributed by atoms with Gasteiger partial charge >= 0.3 is 0 Å². The molecule has 0 radical (unpaired) electrons. The van der Waals surface area contributed by atoms with Gasteiger partial charge in [0.05, 0.1) is 9.93 Å². The largest absolute Gasteiger partial charge is 0.487 e. The first-order valence-corrected chi connectivity index (χ1v) is 11.1. The van der Waals surface area contributed by atoms with Crippen LogP contribution in [0.5, 0.6) is 5.75 Å². The third kappa shape index (κ3) is 5.39. The quantitative estimate of drug-likeness (QED) is 0.380. The molecule has 0 aromatic heterocycles. The van der Waals surface area contributed by atoms with Gasteiger partial charge in [-0.15, -0.1) is 0 Å². The molecule has 1 saturated heterocycles. The van der Waals surface area contributed by atoms with Crippen molar-refractivity contribution in [2.75, 3.05) is 6.54 Å². The highest BCUT2D eigenvalue weighted by Crippen LogP contribution is 2.34. The summed E-state index contributed by atoms with van der Waals surface area (Å²) < 4.78 is 19.0. The average Bonchev–Trinajstić information content (AvgIpc) is 3.05. The van der Waals surface area contributed by atoms with E-state index in [1.165, 1.54) is 17.0 Å². The van der Waals surface area contributed by atoms with Crippen molar-refractivity contribution in [3.8, 4) is 5.75 Å². The van der Waals surface area contributed by atoms with E-state index in [4.69, 9.17) is 16.3 Å². The molecule has 1 heterocycles. The van der Waals surface area contributed by atoms with Gasteiger partial charge in [-0.25, -0.2) is 4.39 Å². The number of imide groups is 1. The fourth-order valence-corrected chi connectivity index (χ4v) is 4.35. The molecular formula is C25H19ClFNO3S. The number of benzene rings is 3. The van der Waals surface area contributed by atoms with E-state index in [1.807, 2.05) is 30.3 Å². The number of nitrogens with zero attached hydrogens (tertiary/aromatic N) is 1. The van der Waals surface area contributed by atoms with E-state index < -0.39 is 0 Å². The molecule has 0 aliphatic carbocycles. The molecule has 1 aliphatic rings. The minimum absolute atomic E-state index is 0.178. The third-order valence-electron chi connectivity index (χ3n) is 4.88. The fourth-order valence-electron chi connectivity index (χ4n) is 3.24. The van der Waals surface area contributed by atoms with E-state index in [-0.39, 0.29) is 23.6 Å². The highest BCUT2D eigenvalue weighted by atomic mass is 35.5. The van der Waals surface area contributed by atoms with Gasteiger partial charge in [0.15, 0.2) is 0 Å². The predicted molar refractivity (Wildman–Crippen MR) is 125 cm³/mol. The lowest BCUT2D eigenvalue weighted by Gasteiger charge is -2.12. The van der Waals surface area contributed by atoms with Crippen LogP contribution < -0.4 is 4.74 Å². The van der Waals surface area contributed by atoms with Crippen molar-refractivity contribution in [2.45, 2.75) is 13.0 Å². The molecule has 4 rings (SSSR count). The number of hydrogen-bond acceptors (Lipinski definition) is 4. The van der Waals surface area contributed by atoms with Gasteiger partial charge in [0, 0.05) is 6.54 Å². The van der Waals surface area contributed by atoms with Gasteiger partial charge in [0.25, 0.3) is 11.1 Å². The smallest absolute Gasteiger partial charge is 0.293 e. The Kier molecular flexibility index (Phi) is 6.93. The first-order chi connectivity index (χ1) is 15.5. The number of carbonyl (C=O) groups is 2. The summed E-state index contributed by atoms with van der Waals surface area (Å²) in [7, 11) is 0. The average molecular weight is 468 g/mol. The first kappa shape index (κ1) is 22.1. The van der Waals surface area contributed by atoms with Crippen molar-refractivity contribution in [1.29, 1.82) is 0 Å². The Balaban J connectivity index is 1.41. The Bertz CT molecular complexity index is 1180. The molecule has 2 amide bonds. The summed E-state index contributed by atoms with van der Waals surface area (Å²) in [6.45, 7) is 0.511. The molecule has 0 unspecified atom stereocenters. The monoisotopic (exact) mass is 467 g/mol. The second-order valence-corrected chi connectivity index (χ2v) is 8.58. The van der Waals surface area contributed by atoms with Gasteiger partial charge in [-0.3, -0.25) is 14.5 Å². The predicted octanol–water partition coefficient (Wildman–Crippen LogP) is 6.34. The second-order valence-electron chi connectivity index (χ2n) is 7.18. The number of thioether (sulfide) groups is 1. The van der Waals surface area contributed by atoms with Crippen LogP contribution in [0.25, 0.3) is 6.08 Å². The molecule has 3 aromatic rings. The third-order valence-corrected chi connectivity index (χ3v) is 6.08. The molecule has 7 heteroatoms. The second kappa shape index (κ2) is 10.0. The molecule has 1 fully saturated rings. The van der Waals surface area contributed by atoms with Crippen molar-refractivity contribution in [1.82, 2.24) is 4.90 Å². The maximum absolute atomic E-state index is 13.3. The minimum atomic E-state index is -0.328. The molecule has 0 saturated carbocycles. The van der Waals surface area contributed by atoms with E-state index in [0.717, 1.165) is 17.3 Å². The number of hydrogen-bond donors (Lipinski definition) is 0. The van der Waals surface area contributed by atoms with Crippen molar-refractivity contribution < 1.29 is 18.7 Å². The van der Waals surface area contributed by atoms with Crippen molar-refractivity contribution in [3.63, 3.8) is 0 Å². The van der Waals surface area contributed by atoms with Gasteiger partial charge in [0.2, 0.25) is 0 Å². The summed E-state index contributed by atoms with van der Waals surface area (Å²) >= 11 is 7.25. The van der Waals surface area contributed by atoms with Crippen LogP contribution in [-0.2, 0) is 17.8 Å². The van der Waals surface area contributed by atoms with Gasteiger partial charge < -0.3 is 4.74 Å². The Morgan fingerprint density at radius 3 is 2.50 bits per heavy atom. The fraction of sp³-hybridized carbons (Fsp3) is 0.120. The van der Waals surface area contributed by atoms with E-state index in [9.17, 15) is 14.0 Å². The molecule has 4 nitrogen and oxygen atoms in total. The number of carbonyl (C=O) groups excluding carboxylic acids is 2. The normalized spacial score (nSPS) is 14.9. The number of rotatable bonds is 7. The minimum Gasteiger partial charge on any atom is -0.487 e. The van der Waals surface area contributed by atoms with Crippen LogP contribution in [0.1, 0.15) is 16.7 Å². The molecule has 0 atom stereocenters. The summed E-state index contributed by atoms with van der Waals surface area (Å²) in [4.78, 5) is 26.7. The number of ether oxygens (including phenoxy) is 1. The van der Waals surface area contributed by atoms with Crippen molar-refractivity contribution >= 4 is 40.6 Å². The van der Waals surface area contributed by atoms with Crippen LogP contribution in [0.3, 0.4) is 0 Å². The summed E-state index contributed by atoms with van der Waals surface area (Å²) in [6.07, 6.45) is 2.25. The lowest BCUT2D eigenvalue weighted by Crippen LogP contribution is -2.30. The molecular weight excluding hydrogens is 449 g/mol. The van der Waals surface area contributed by atoms with Gasteiger partial charge in [-0.05, 0) is 65.2 Å². The van der Waals surface area contributed by atoms with Crippen LogP contribution in [0, 0.1) is 5.82 Å². The maximum Gasteiger partial charge on any atom is 0.293 e. The molecule has 0 spiro atoms. The summed E-state index contributed by atoms with van der Waals surface area (Å²) in [5.74, 6) is -0.187. The van der Waals surface area contributed by atoms with Crippen LogP contribution >= 0.6 is 23.4 Å².